The fourth-order valence-electron chi connectivity index (χ4n) is 3.94. The van der Waals surface area contributed by atoms with Crippen LogP contribution in [0.15, 0.2) is 24.3 Å². The van der Waals surface area contributed by atoms with Crippen molar-refractivity contribution >= 4 is 17.3 Å². The van der Waals surface area contributed by atoms with Gasteiger partial charge in [0, 0.05) is 19.5 Å². The molecule has 2 atom stereocenters. The Morgan fingerprint density at radius 1 is 1.26 bits per heavy atom. The number of hydrogen-bond acceptors (Lipinski definition) is 5. The maximum absolute atomic E-state index is 12.7. The SMILES string of the molecule is O=C(CCN1NNc2ccccc21)N1CCOC2CCCCC21. The molecule has 124 valence electrons. The molecule has 2 fully saturated rings. The molecule has 6 heteroatoms. The zero-order chi connectivity index (χ0) is 15.6. The standard InChI is InChI=1S/C17H24N4O2/c22-17(20-11-12-23-16-8-4-3-7-15(16)20)9-10-21-14-6-2-1-5-13(14)18-19-21/h1-2,5-6,15-16,18-19H,3-4,7-12H2. The molecule has 2 aliphatic heterocycles. The lowest BCUT2D eigenvalue weighted by molar-refractivity contribution is -0.149. The number of carbonyl (C=O) groups excluding carboxylic acids is 1. The third kappa shape index (κ3) is 2.88. The molecule has 23 heavy (non-hydrogen) atoms. The van der Waals surface area contributed by atoms with Crippen LogP contribution in [-0.4, -0.2) is 42.6 Å². The summed E-state index contributed by atoms with van der Waals surface area (Å²) < 4.78 is 5.86. The van der Waals surface area contributed by atoms with E-state index in [0.717, 1.165) is 30.8 Å². The summed E-state index contributed by atoms with van der Waals surface area (Å²) in [5.41, 5.74) is 8.40. The van der Waals surface area contributed by atoms with E-state index in [1.165, 1.54) is 12.8 Å². The zero-order valence-corrected chi connectivity index (χ0v) is 13.3. The van der Waals surface area contributed by atoms with E-state index in [0.29, 0.717) is 25.6 Å². The smallest absolute Gasteiger partial charge is 0.224 e. The average molecular weight is 316 g/mol. The van der Waals surface area contributed by atoms with Crippen LogP contribution in [0.4, 0.5) is 11.4 Å². The molecule has 3 aliphatic rings. The van der Waals surface area contributed by atoms with Gasteiger partial charge in [-0.2, -0.15) is 0 Å². The number of hydrazine groups is 2. The van der Waals surface area contributed by atoms with E-state index in [1.54, 1.807) is 0 Å². The highest BCUT2D eigenvalue weighted by Gasteiger charge is 2.36. The molecule has 2 N–H and O–H groups in total. The summed E-state index contributed by atoms with van der Waals surface area (Å²) in [6, 6.07) is 8.38. The number of benzene rings is 1. The maximum atomic E-state index is 12.7. The van der Waals surface area contributed by atoms with Crippen LogP contribution in [-0.2, 0) is 9.53 Å². The number of para-hydroxylation sites is 2. The number of ether oxygens (including phenoxy) is 1. The van der Waals surface area contributed by atoms with Crippen molar-refractivity contribution in [2.45, 2.75) is 44.2 Å². The quantitative estimate of drug-likeness (QED) is 0.892. The first-order valence-corrected chi connectivity index (χ1v) is 8.62. The molecule has 0 radical (unpaired) electrons. The van der Waals surface area contributed by atoms with Crippen LogP contribution in [0, 0.1) is 0 Å². The number of nitrogens with one attached hydrogen (secondary N) is 2. The van der Waals surface area contributed by atoms with Gasteiger partial charge in [-0.3, -0.25) is 9.80 Å². The Hall–Kier alpha value is -1.79. The van der Waals surface area contributed by atoms with Gasteiger partial charge < -0.3 is 15.1 Å². The molecule has 1 aromatic rings. The summed E-state index contributed by atoms with van der Waals surface area (Å²) in [6.07, 6.45) is 5.39. The Kier molecular flexibility index (Phi) is 4.10. The molecule has 0 aromatic heterocycles. The molecular weight excluding hydrogens is 292 g/mol. The second kappa shape index (κ2) is 6.37. The zero-order valence-electron chi connectivity index (χ0n) is 13.3. The normalized spacial score (nSPS) is 26.4. The highest BCUT2D eigenvalue weighted by Crippen LogP contribution is 2.30. The molecule has 2 heterocycles. The fourth-order valence-corrected chi connectivity index (χ4v) is 3.94. The highest BCUT2D eigenvalue weighted by atomic mass is 16.5. The Morgan fingerprint density at radius 2 is 2.13 bits per heavy atom. The van der Waals surface area contributed by atoms with Crippen molar-refractivity contribution in [3.05, 3.63) is 24.3 Å². The predicted octanol–water partition coefficient (Wildman–Crippen LogP) is 1.90. The predicted molar refractivity (Wildman–Crippen MR) is 88.9 cm³/mol. The molecule has 6 nitrogen and oxygen atoms in total. The number of hydrogen-bond donors (Lipinski definition) is 2. The topological polar surface area (TPSA) is 56.8 Å². The second-order valence-corrected chi connectivity index (χ2v) is 6.50. The van der Waals surface area contributed by atoms with Crippen LogP contribution in [0.5, 0.6) is 0 Å². The van der Waals surface area contributed by atoms with E-state index >= 15 is 0 Å². The van der Waals surface area contributed by atoms with Crippen molar-refractivity contribution in [2.24, 2.45) is 0 Å². The Bertz CT molecular complexity index is 577. The Morgan fingerprint density at radius 3 is 3.09 bits per heavy atom. The second-order valence-electron chi connectivity index (χ2n) is 6.50. The minimum absolute atomic E-state index is 0.247. The van der Waals surface area contributed by atoms with E-state index in [9.17, 15) is 4.79 Å². The van der Waals surface area contributed by atoms with Crippen molar-refractivity contribution in [2.75, 3.05) is 30.1 Å². The lowest BCUT2D eigenvalue weighted by Crippen LogP contribution is -2.55. The van der Waals surface area contributed by atoms with Gasteiger partial charge in [0.2, 0.25) is 5.91 Å². The summed E-state index contributed by atoms with van der Waals surface area (Å²) in [5, 5.41) is 2.01. The lowest BCUT2D eigenvalue weighted by Gasteiger charge is -2.44. The van der Waals surface area contributed by atoms with Gasteiger partial charge in [0.25, 0.3) is 0 Å². The van der Waals surface area contributed by atoms with Crippen molar-refractivity contribution < 1.29 is 9.53 Å². The lowest BCUT2D eigenvalue weighted by atomic mass is 9.90. The number of nitrogens with zero attached hydrogens (tertiary/aromatic N) is 2. The summed E-state index contributed by atoms with van der Waals surface area (Å²) in [6.45, 7) is 2.08. The molecular formula is C17H24N4O2. The van der Waals surface area contributed by atoms with E-state index in [1.807, 2.05) is 23.2 Å². The summed E-state index contributed by atoms with van der Waals surface area (Å²) >= 11 is 0. The highest BCUT2D eigenvalue weighted by molar-refractivity contribution is 5.78. The number of morpholine rings is 1. The average Bonchev–Trinajstić information content (AvgIpc) is 3.02. The van der Waals surface area contributed by atoms with Crippen LogP contribution in [0.2, 0.25) is 0 Å². The summed E-state index contributed by atoms with van der Waals surface area (Å²) in [4.78, 5) is 14.8. The number of carbonyl (C=O) groups is 1. The third-order valence-corrected chi connectivity index (χ3v) is 5.12. The van der Waals surface area contributed by atoms with Crippen molar-refractivity contribution in [3.8, 4) is 0 Å². The molecule has 0 spiro atoms. The van der Waals surface area contributed by atoms with E-state index in [4.69, 9.17) is 4.74 Å². The van der Waals surface area contributed by atoms with Crippen molar-refractivity contribution in [1.29, 1.82) is 0 Å². The first-order chi connectivity index (χ1) is 11.3. The minimum Gasteiger partial charge on any atom is -0.374 e. The largest absolute Gasteiger partial charge is 0.374 e. The monoisotopic (exact) mass is 316 g/mol. The summed E-state index contributed by atoms with van der Waals surface area (Å²) in [5.74, 6) is 0.247. The third-order valence-electron chi connectivity index (χ3n) is 5.12. The van der Waals surface area contributed by atoms with Gasteiger partial charge in [0.1, 0.15) is 0 Å². The van der Waals surface area contributed by atoms with Crippen molar-refractivity contribution in [1.82, 2.24) is 10.4 Å². The van der Waals surface area contributed by atoms with Gasteiger partial charge in [0.15, 0.2) is 0 Å². The Balaban J connectivity index is 1.37. The van der Waals surface area contributed by atoms with Crippen molar-refractivity contribution in [3.63, 3.8) is 0 Å². The van der Waals surface area contributed by atoms with Gasteiger partial charge >= 0.3 is 0 Å². The van der Waals surface area contributed by atoms with Gasteiger partial charge in [0.05, 0.1) is 30.1 Å². The van der Waals surface area contributed by atoms with Crippen LogP contribution < -0.4 is 16.0 Å². The number of fused-ring (bicyclic) bond motifs is 2. The first kappa shape index (κ1) is 14.8. The number of rotatable bonds is 3. The first-order valence-electron chi connectivity index (χ1n) is 8.62. The van der Waals surface area contributed by atoms with Crippen LogP contribution >= 0.6 is 0 Å². The van der Waals surface area contributed by atoms with Gasteiger partial charge in [-0.1, -0.05) is 25.0 Å². The number of amides is 1. The molecule has 4 rings (SSSR count). The molecule has 1 aliphatic carbocycles. The Labute approximate surface area is 136 Å². The molecule has 1 saturated heterocycles. The summed E-state index contributed by atoms with van der Waals surface area (Å²) in [7, 11) is 0. The maximum Gasteiger partial charge on any atom is 0.224 e. The van der Waals surface area contributed by atoms with Crippen LogP contribution in [0.1, 0.15) is 32.1 Å². The molecule has 1 saturated carbocycles. The molecule has 1 aromatic carbocycles. The minimum atomic E-state index is 0.247. The molecule has 1 amide bonds. The van der Waals surface area contributed by atoms with Gasteiger partial charge in [-0.05, 0) is 25.0 Å². The van der Waals surface area contributed by atoms with E-state index in [2.05, 4.69) is 21.9 Å². The van der Waals surface area contributed by atoms with Crippen LogP contribution in [0.25, 0.3) is 0 Å². The van der Waals surface area contributed by atoms with Crippen LogP contribution in [0.3, 0.4) is 0 Å². The van der Waals surface area contributed by atoms with E-state index < -0.39 is 0 Å². The fraction of sp³-hybridized carbons (Fsp3) is 0.588. The van der Waals surface area contributed by atoms with Gasteiger partial charge in [-0.15, -0.1) is 5.53 Å². The molecule has 2 unspecified atom stereocenters. The van der Waals surface area contributed by atoms with Gasteiger partial charge in [-0.25, -0.2) is 0 Å². The molecule has 0 bridgehead atoms. The number of anilines is 2. The van der Waals surface area contributed by atoms with E-state index in [-0.39, 0.29) is 12.0 Å².